The summed E-state index contributed by atoms with van der Waals surface area (Å²) in [5, 5.41) is 28.6. The van der Waals surface area contributed by atoms with E-state index in [1.54, 1.807) is 0 Å². The molecule has 1 aliphatic heterocycles. The molecule has 0 aliphatic carbocycles. The molecule has 0 bridgehead atoms. The van der Waals surface area contributed by atoms with Crippen LogP contribution >= 0.6 is 0 Å². The van der Waals surface area contributed by atoms with E-state index in [0.717, 1.165) is 12.8 Å². The largest absolute Gasteiger partial charge is 0.394 e. The Morgan fingerprint density at radius 1 is 1.00 bits per heavy atom. The lowest BCUT2D eigenvalue weighted by Crippen LogP contribution is -2.42. The van der Waals surface area contributed by atoms with Crippen molar-refractivity contribution in [2.45, 2.75) is 102 Å². The fourth-order valence-corrected chi connectivity index (χ4v) is 3.30. The summed E-state index contributed by atoms with van der Waals surface area (Å²) in [5.74, 6) is 0. The molecule has 0 saturated carbocycles. The van der Waals surface area contributed by atoms with Gasteiger partial charge in [0.1, 0.15) is 24.4 Å². The minimum atomic E-state index is -1.00. The van der Waals surface area contributed by atoms with E-state index in [9.17, 15) is 10.2 Å². The predicted molar refractivity (Wildman–Crippen MR) is 104 cm³/mol. The van der Waals surface area contributed by atoms with Crippen LogP contribution in [0, 0.1) is 0 Å². The second-order valence-electron chi connectivity index (χ2n) is 7.33. The highest BCUT2D eigenvalue weighted by atomic mass is 16.6. The van der Waals surface area contributed by atoms with E-state index < -0.39 is 24.4 Å². The first-order valence-corrected chi connectivity index (χ1v) is 10.6. The molecule has 1 saturated heterocycles. The Bertz CT molecular complexity index is 347. The second kappa shape index (κ2) is 15.6. The third-order valence-corrected chi connectivity index (χ3v) is 4.95. The van der Waals surface area contributed by atoms with Crippen molar-refractivity contribution in [2.24, 2.45) is 0 Å². The van der Waals surface area contributed by atoms with Gasteiger partial charge in [-0.1, -0.05) is 57.6 Å². The molecule has 1 fully saturated rings. The molecule has 0 aromatic carbocycles. The minimum absolute atomic E-state index is 0.152. The van der Waals surface area contributed by atoms with Crippen molar-refractivity contribution >= 4 is 0 Å². The van der Waals surface area contributed by atoms with E-state index in [-0.39, 0.29) is 13.2 Å². The average Bonchev–Trinajstić information content (AvgIpc) is 3.02. The summed E-state index contributed by atoms with van der Waals surface area (Å²) < 4.78 is 11.0. The van der Waals surface area contributed by atoms with Crippen LogP contribution in [0.25, 0.3) is 0 Å². The summed E-state index contributed by atoms with van der Waals surface area (Å²) in [7, 11) is 0. The molecule has 5 nitrogen and oxygen atoms in total. The van der Waals surface area contributed by atoms with Crippen molar-refractivity contribution in [3.8, 4) is 0 Å². The fourth-order valence-electron chi connectivity index (χ4n) is 3.30. The summed E-state index contributed by atoms with van der Waals surface area (Å²) in [6, 6.07) is 0. The molecule has 154 valence electrons. The highest BCUT2D eigenvalue weighted by Crippen LogP contribution is 2.21. The van der Waals surface area contributed by atoms with Gasteiger partial charge in [-0.3, -0.25) is 0 Å². The Morgan fingerprint density at radius 2 is 1.62 bits per heavy atom. The maximum atomic E-state index is 9.86. The number of unbranched alkanes of at least 4 members (excludes halogenated alkanes) is 9. The Morgan fingerprint density at radius 3 is 2.27 bits per heavy atom. The quantitative estimate of drug-likeness (QED) is 0.286. The predicted octanol–water partition coefficient (Wildman–Crippen LogP) is 3.35. The van der Waals surface area contributed by atoms with Crippen molar-refractivity contribution < 1.29 is 24.8 Å². The monoisotopic (exact) mass is 372 g/mol. The summed E-state index contributed by atoms with van der Waals surface area (Å²) in [5.41, 5.74) is 0. The average molecular weight is 373 g/mol. The van der Waals surface area contributed by atoms with Crippen molar-refractivity contribution in [3.05, 3.63) is 12.2 Å². The van der Waals surface area contributed by atoms with Crippen molar-refractivity contribution in [3.63, 3.8) is 0 Å². The van der Waals surface area contributed by atoms with Crippen LogP contribution in [-0.2, 0) is 9.47 Å². The molecule has 0 amide bonds. The van der Waals surface area contributed by atoms with Crippen molar-refractivity contribution in [1.29, 1.82) is 0 Å². The van der Waals surface area contributed by atoms with E-state index >= 15 is 0 Å². The molecule has 0 spiro atoms. The van der Waals surface area contributed by atoms with Crippen LogP contribution in [0.1, 0.15) is 77.6 Å². The number of allylic oxidation sites excluding steroid dienone is 2. The van der Waals surface area contributed by atoms with Gasteiger partial charge in [0, 0.05) is 6.61 Å². The molecule has 0 aromatic heterocycles. The normalized spacial score (nSPS) is 24.5. The topological polar surface area (TPSA) is 79.2 Å². The number of aliphatic hydroxyl groups is 3. The van der Waals surface area contributed by atoms with Gasteiger partial charge in [0.2, 0.25) is 0 Å². The minimum Gasteiger partial charge on any atom is -0.394 e. The van der Waals surface area contributed by atoms with Gasteiger partial charge < -0.3 is 24.8 Å². The van der Waals surface area contributed by atoms with Gasteiger partial charge >= 0.3 is 0 Å². The molecule has 26 heavy (non-hydrogen) atoms. The van der Waals surface area contributed by atoms with Gasteiger partial charge in [0.15, 0.2) is 0 Å². The molecule has 0 unspecified atom stereocenters. The van der Waals surface area contributed by atoms with Crippen LogP contribution in [0.4, 0.5) is 0 Å². The van der Waals surface area contributed by atoms with E-state index in [1.807, 2.05) is 0 Å². The molecule has 4 atom stereocenters. The summed E-state index contributed by atoms with van der Waals surface area (Å²) in [6.07, 6.45) is 15.2. The van der Waals surface area contributed by atoms with Crippen molar-refractivity contribution in [1.82, 2.24) is 0 Å². The summed E-state index contributed by atoms with van der Waals surface area (Å²) >= 11 is 0. The lowest BCUT2D eigenvalue weighted by molar-refractivity contribution is -0.0938. The number of aliphatic hydroxyl groups excluding tert-OH is 3. The lowest BCUT2D eigenvalue weighted by atomic mass is 10.1. The van der Waals surface area contributed by atoms with E-state index in [0.29, 0.717) is 6.61 Å². The number of ether oxygens (including phenoxy) is 2. The van der Waals surface area contributed by atoms with Gasteiger partial charge in [-0.2, -0.15) is 0 Å². The molecule has 0 aromatic rings. The highest BCUT2D eigenvalue weighted by molar-refractivity contribution is 4.89. The first-order valence-electron chi connectivity index (χ1n) is 10.6. The molecule has 1 rings (SSSR count). The zero-order valence-corrected chi connectivity index (χ0v) is 16.5. The van der Waals surface area contributed by atoms with E-state index in [2.05, 4.69) is 19.1 Å². The Balaban J connectivity index is 1.93. The Labute approximate surface area is 159 Å². The van der Waals surface area contributed by atoms with Crippen LogP contribution in [0.3, 0.4) is 0 Å². The Kier molecular flexibility index (Phi) is 14.1. The van der Waals surface area contributed by atoms with Crippen LogP contribution in [0.15, 0.2) is 12.2 Å². The van der Waals surface area contributed by atoms with Gasteiger partial charge in [-0.05, 0) is 32.1 Å². The third-order valence-electron chi connectivity index (χ3n) is 4.95. The van der Waals surface area contributed by atoms with Gasteiger partial charge in [0.05, 0.1) is 13.2 Å². The maximum Gasteiger partial charge on any atom is 0.114 e. The van der Waals surface area contributed by atoms with Gasteiger partial charge in [0.25, 0.3) is 0 Å². The summed E-state index contributed by atoms with van der Waals surface area (Å²) in [4.78, 5) is 0. The number of rotatable bonds is 16. The first kappa shape index (κ1) is 23.6. The second-order valence-corrected chi connectivity index (χ2v) is 7.33. The molecule has 5 heteroatoms. The smallest absolute Gasteiger partial charge is 0.114 e. The maximum absolute atomic E-state index is 9.86. The lowest BCUT2D eigenvalue weighted by Gasteiger charge is -2.23. The molecule has 3 N–H and O–H groups in total. The van der Waals surface area contributed by atoms with Crippen LogP contribution in [0.5, 0.6) is 0 Å². The molecule has 0 radical (unpaired) electrons. The highest BCUT2D eigenvalue weighted by Gasteiger charge is 2.40. The molecular weight excluding hydrogens is 332 g/mol. The third kappa shape index (κ3) is 10.0. The van der Waals surface area contributed by atoms with Crippen molar-refractivity contribution in [2.75, 3.05) is 19.8 Å². The zero-order chi connectivity index (χ0) is 19.0. The van der Waals surface area contributed by atoms with Gasteiger partial charge in [-0.25, -0.2) is 0 Å². The van der Waals surface area contributed by atoms with Gasteiger partial charge in [-0.15, -0.1) is 0 Å². The SMILES string of the molecule is CCCCC/C=C/CCCCCCCCO[C@@H]1[C@H]([C@H](O)CO)OC[C@@H]1O. The number of hydrogen-bond donors (Lipinski definition) is 3. The standard InChI is InChI=1S/C21H40O5/c1-2-3-4-5-6-7-8-9-10-11-12-13-14-15-25-21-19(24)17-26-20(21)18(23)16-22/h6-7,18-24H,2-5,8-17H2,1H3/b7-6+/t18-,19+,20+,21+/m1/s1. The molecule has 1 heterocycles. The first-order chi connectivity index (χ1) is 12.7. The molecular formula is C21H40O5. The Hall–Kier alpha value is -0.460. The summed E-state index contributed by atoms with van der Waals surface area (Å²) in [6.45, 7) is 2.56. The van der Waals surface area contributed by atoms with Crippen LogP contribution in [-0.4, -0.2) is 59.6 Å². The van der Waals surface area contributed by atoms with Crippen LogP contribution in [0.2, 0.25) is 0 Å². The zero-order valence-electron chi connectivity index (χ0n) is 16.5. The van der Waals surface area contributed by atoms with E-state index in [4.69, 9.17) is 14.6 Å². The van der Waals surface area contributed by atoms with Crippen LogP contribution < -0.4 is 0 Å². The fraction of sp³-hybridized carbons (Fsp3) is 0.905. The number of hydrogen-bond acceptors (Lipinski definition) is 5. The van der Waals surface area contributed by atoms with E-state index in [1.165, 1.54) is 57.8 Å². The molecule has 1 aliphatic rings.